The summed E-state index contributed by atoms with van der Waals surface area (Å²) in [6, 6.07) is 49.2. The Morgan fingerprint density at radius 2 is 0.771 bits per heavy atom. The fourth-order valence-corrected chi connectivity index (χ4v) is 4.53. The lowest BCUT2D eigenvalue weighted by molar-refractivity contribution is 0.0992. The summed E-state index contributed by atoms with van der Waals surface area (Å²) in [6.45, 7) is 0. The smallest absolute Gasteiger partial charge is 0.167 e. The minimum absolute atomic E-state index is 0.112. The van der Waals surface area contributed by atoms with Crippen molar-refractivity contribution < 1.29 is 4.79 Å². The monoisotopic (exact) mass is 450 g/mol. The van der Waals surface area contributed by atoms with Crippen molar-refractivity contribution >= 4 is 16.9 Å². The summed E-state index contributed by atoms with van der Waals surface area (Å²) < 4.78 is 0. The van der Waals surface area contributed by atoms with Crippen LogP contribution < -0.4 is 0 Å². The molecule has 0 N–H and O–H groups in total. The Balaban J connectivity index is 1.78. The first-order valence-electron chi connectivity index (χ1n) is 11.9. The third-order valence-electron chi connectivity index (χ3n) is 6.14. The van der Waals surface area contributed by atoms with Crippen LogP contribution in [0, 0.1) is 0 Å². The molecular formula is C34H26O. The average molecular weight is 451 g/mol. The molecule has 5 aromatic rings. The quantitative estimate of drug-likeness (QED) is 0.181. The summed E-state index contributed by atoms with van der Waals surface area (Å²) in [4.78, 5) is 13.6. The van der Waals surface area contributed by atoms with Gasteiger partial charge in [-0.2, -0.15) is 0 Å². The van der Waals surface area contributed by atoms with E-state index in [1.54, 1.807) is 0 Å². The van der Waals surface area contributed by atoms with Gasteiger partial charge in [0.1, 0.15) is 0 Å². The van der Waals surface area contributed by atoms with E-state index in [1.165, 1.54) is 0 Å². The largest absolute Gasteiger partial charge is 0.294 e. The molecule has 5 rings (SSSR count). The zero-order valence-electron chi connectivity index (χ0n) is 19.5. The molecule has 0 fully saturated rings. The van der Waals surface area contributed by atoms with E-state index in [0.717, 1.165) is 44.5 Å². The molecule has 5 aromatic carbocycles. The molecule has 0 atom stereocenters. The lowest BCUT2D eigenvalue weighted by atomic mass is 9.83. The van der Waals surface area contributed by atoms with E-state index in [4.69, 9.17) is 0 Å². The van der Waals surface area contributed by atoms with Gasteiger partial charge in [-0.25, -0.2) is 0 Å². The maximum absolute atomic E-state index is 13.6. The molecule has 0 saturated carbocycles. The van der Waals surface area contributed by atoms with Gasteiger partial charge in [-0.05, 0) is 39.0 Å². The van der Waals surface area contributed by atoms with Crippen molar-refractivity contribution in [1.29, 1.82) is 0 Å². The SMILES string of the molecule is O=C(Cc1ccccc1)c1ccccc1C(=C(c1ccccc1)c1ccccc1)c1ccccc1. The highest BCUT2D eigenvalue weighted by atomic mass is 16.1. The van der Waals surface area contributed by atoms with Gasteiger partial charge < -0.3 is 0 Å². The molecule has 168 valence electrons. The second kappa shape index (κ2) is 10.6. The molecule has 0 amide bonds. The van der Waals surface area contributed by atoms with Gasteiger partial charge in [-0.15, -0.1) is 0 Å². The first-order chi connectivity index (χ1) is 17.3. The minimum atomic E-state index is 0.112. The zero-order valence-corrected chi connectivity index (χ0v) is 19.5. The molecule has 0 unspecified atom stereocenters. The molecule has 1 heteroatoms. The molecule has 35 heavy (non-hydrogen) atoms. The Hall–Kier alpha value is -4.49. The number of benzene rings is 5. The van der Waals surface area contributed by atoms with E-state index in [0.29, 0.717) is 6.42 Å². The number of hydrogen-bond donors (Lipinski definition) is 0. The molecule has 0 aliphatic rings. The van der Waals surface area contributed by atoms with Crippen LogP contribution in [0.1, 0.15) is 38.2 Å². The third-order valence-corrected chi connectivity index (χ3v) is 6.14. The van der Waals surface area contributed by atoms with Crippen molar-refractivity contribution in [2.75, 3.05) is 0 Å². The number of ketones is 1. The van der Waals surface area contributed by atoms with Gasteiger partial charge in [0, 0.05) is 12.0 Å². The summed E-state index contributed by atoms with van der Waals surface area (Å²) in [7, 11) is 0. The van der Waals surface area contributed by atoms with Gasteiger partial charge >= 0.3 is 0 Å². The second-order valence-electron chi connectivity index (χ2n) is 8.48. The number of rotatable bonds is 7. The van der Waals surface area contributed by atoms with Crippen molar-refractivity contribution in [3.63, 3.8) is 0 Å². The molecule has 0 aliphatic heterocycles. The van der Waals surface area contributed by atoms with Crippen LogP contribution in [-0.2, 0) is 6.42 Å². The Labute approximate surface area is 207 Å². The maximum Gasteiger partial charge on any atom is 0.167 e. The minimum Gasteiger partial charge on any atom is -0.294 e. The van der Waals surface area contributed by atoms with E-state index in [9.17, 15) is 4.79 Å². The van der Waals surface area contributed by atoms with Crippen molar-refractivity contribution in [2.45, 2.75) is 6.42 Å². The molecule has 0 heterocycles. The normalized spacial score (nSPS) is 10.5. The van der Waals surface area contributed by atoms with E-state index in [1.807, 2.05) is 66.7 Å². The van der Waals surface area contributed by atoms with Crippen LogP contribution in [0.2, 0.25) is 0 Å². The summed E-state index contributed by atoms with van der Waals surface area (Å²) in [6.07, 6.45) is 0.367. The topological polar surface area (TPSA) is 17.1 Å². The molecule has 0 spiro atoms. The van der Waals surface area contributed by atoms with Crippen LogP contribution in [0.3, 0.4) is 0 Å². The van der Waals surface area contributed by atoms with Crippen molar-refractivity contribution in [2.24, 2.45) is 0 Å². The van der Waals surface area contributed by atoms with E-state index in [-0.39, 0.29) is 5.78 Å². The zero-order chi connectivity index (χ0) is 23.9. The van der Waals surface area contributed by atoms with Gasteiger partial charge in [0.15, 0.2) is 5.78 Å². The first kappa shape index (κ1) is 22.3. The number of hydrogen-bond acceptors (Lipinski definition) is 1. The van der Waals surface area contributed by atoms with Crippen LogP contribution in [0.25, 0.3) is 11.1 Å². The fraction of sp³-hybridized carbons (Fsp3) is 0.0294. The molecule has 0 radical (unpaired) electrons. The third kappa shape index (κ3) is 5.05. The lowest BCUT2D eigenvalue weighted by Crippen LogP contribution is -2.08. The summed E-state index contributed by atoms with van der Waals surface area (Å²) >= 11 is 0. The Morgan fingerprint density at radius 1 is 0.400 bits per heavy atom. The molecule has 0 aliphatic carbocycles. The van der Waals surface area contributed by atoms with E-state index >= 15 is 0 Å². The summed E-state index contributed by atoms with van der Waals surface area (Å²) in [5, 5.41) is 0. The summed E-state index contributed by atoms with van der Waals surface area (Å²) in [5.41, 5.74) is 8.17. The number of carbonyl (C=O) groups excluding carboxylic acids is 1. The van der Waals surface area contributed by atoms with Crippen molar-refractivity contribution in [3.05, 3.63) is 179 Å². The van der Waals surface area contributed by atoms with E-state index < -0.39 is 0 Å². The van der Waals surface area contributed by atoms with Crippen LogP contribution in [0.5, 0.6) is 0 Å². The predicted molar refractivity (Wildman–Crippen MR) is 145 cm³/mol. The van der Waals surface area contributed by atoms with Gasteiger partial charge in [0.2, 0.25) is 0 Å². The average Bonchev–Trinajstić information content (AvgIpc) is 2.94. The highest BCUT2D eigenvalue weighted by Gasteiger charge is 2.21. The Morgan fingerprint density at radius 3 is 1.26 bits per heavy atom. The maximum atomic E-state index is 13.6. The van der Waals surface area contributed by atoms with Gasteiger partial charge in [-0.1, -0.05) is 146 Å². The van der Waals surface area contributed by atoms with Gasteiger partial charge in [0.25, 0.3) is 0 Å². The molecular weight excluding hydrogens is 424 g/mol. The highest BCUT2D eigenvalue weighted by molar-refractivity contribution is 6.10. The number of carbonyl (C=O) groups is 1. The fourth-order valence-electron chi connectivity index (χ4n) is 4.53. The van der Waals surface area contributed by atoms with Gasteiger partial charge in [-0.3, -0.25) is 4.79 Å². The van der Waals surface area contributed by atoms with Crippen molar-refractivity contribution in [1.82, 2.24) is 0 Å². The van der Waals surface area contributed by atoms with Gasteiger partial charge in [0.05, 0.1) is 0 Å². The predicted octanol–water partition coefficient (Wildman–Crippen LogP) is 8.12. The molecule has 0 aromatic heterocycles. The lowest BCUT2D eigenvalue weighted by Gasteiger charge is -2.20. The van der Waals surface area contributed by atoms with E-state index in [2.05, 4.69) is 78.9 Å². The summed E-state index contributed by atoms with van der Waals surface area (Å²) in [5.74, 6) is 0.112. The van der Waals surface area contributed by atoms with Crippen LogP contribution >= 0.6 is 0 Å². The highest BCUT2D eigenvalue weighted by Crippen LogP contribution is 2.38. The van der Waals surface area contributed by atoms with Crippen LogP contribution in [0.4, 0.5) is 0 Å². The molecule has 0 saturated heterocycles. The Kier molecular flexibility index (Phi) is 6.77. The van der Waals surface area contributed by atoms with Crippen molar-refractivity contribution in [3.8, 4) is 0 Å². The Bertz CT molecular complexity index is 1390. The van der Waals surface area contributed by atoms with Crippen LogP contribution in [0.15, 0.2) is 146 Å². The molecule has 0 bridgehead atoms. The standard InChI is InChI=1S/C34H26O/c35-32(25-26-15-5-1-6-16-26)30-23-13-14-24-31(30)34(29-21-11-4-12-22-29)33(27-17-7-2-8-18-27)28-19-9-3-10-20-28/h1-24H,25H2. The van der Waals surface area contributed by atoms with Crippen LogP contribution in [-0.4, -0.2) is 5.78 Å². The first-order valence-corrected chi connectivity index (χ1v) is 11.9. The molecule has 1 nitrogen and oxygen atoms in total. The second-order valence-corrected chi connectivity index (χ2v) is 8.48. The number of Topliss-reactive ketones (excluding diaryl/α,β-unsaturated/α-hetero) is 1.